The first kappa shape index (κ1) is 24.0. The van der Waals surface area contributed by atoms with Gasteiger partial charge in [-0.2, -0.15) is 0 Å². The molecule has 1 heterocycles. The Balaban J connectivity index is 0.00000320. The highest BCUT2D eigenvalue weighted by atomic mass is 127. The monoisotopic (exact) mass is 526 g/mol. The van der Waals surface area contributed by atoms with E-state index < -0.39 is 0 Å². The SMILES string of the molecule is CCNC(=NCc1ccnc(OCC2CC2)c1)Nc1ccc(OCC)c(OC)c1.I. The number of methoxy groups -OCH3 is 1. The molecular formula is C22H31IN4O3. The highest BCUT2D eigenvalue weighted by molar-refractivity contribution is 14.0. The third kappa shape index (κ3) is 7.55. The van der Waals surface area contributed by atoms with Gasteiger partial charge in [-0.15, -0.1) is 24.0 Å². The van der Waals surface area contributed by atoms with Gasteiger partial charge in [0, 0.05) is 30.6 Å². The van der Waals surface area contributed by atoms with Crippen LogP contribution >= 0.6 is 24.0 Å². The largest absolute Gasteiger partial charge is 0.493 e. The third-order valence-corrected chi connectivity index (χ3v) is 4.45. The third-order valence-electron chi connectivity index (χ3n) is 4.45. The van der Waals surface area contributed by atoms with Crippen LogP contribution in [0.25, 0.3) is 0 Å². The number of hydrogen-bond donors (Lipinski definition) is 2. The zero-order valence-electron chi connectivity index (χ0n) is 17.8. The van der Waals surface area contributed by atoms with Gasteiger partial charge in [-0.05, 0) is 56.4 Å². The number of hydrogen-bond acceptors (Lipinski definition) is 5. The van der Waals surface area contributed by atoms with E-state index in [4.69, 9.17) is 14.2 Å². The normalized spacial score (nSPS) is 13.2. The number of halogens is 1. The number of aromatic nitrogens is 1. The van der Waals surface area contributed by atoms with Crippen molar-refractivity contribution in [3.05, 3.63) is 42.1 Å². The van der Waals surface area contributed by atoms with Crippen molar-refractivity contribution in [3.8, 4) is 17.4 Å². The van der Waals surface area contributed by atoms with Crippen LogP contribution in [0.15, 0.2) is 41.5 Å². The summed E-state index contributed by atoms with van der Waals surface area (Å²) < 4.78 is 16.8. The first-order valence-corrected chi connectivity index (χ1v) is 10.2. The van der Waals surface area contributed by atoms with Crippen molar-refractivity contribution < 1.29 is 14.2 Å². The average molecular weight is 526 g/mol. The molecule has 1 saturated carbocycles. The lowest BCUT2D eigenvalue weighted by atomic mass is 10.2. The van der Waals surface area contributed by atoms with Crippen molar-refractivity contribution >= 4 is 35.6 Å². The van der Waals surface area contributed by atoms with Crippen LogP contribution in [0.3, 0.4) is 0 Å². The molecule has 0 amide bonds. The molecule has 2 aromatic rings. The molecule has 3 rings (SSSR count). The fourth-order valence-corrected chi connectivity index (χ4v) is 2.75. The summed E-state index contributed by atoms with van der Waals surface area (Å²) in [5.41, 5.74) is 1.92. The first-order valence-electron chi connectivity index (χ1n) is 10.2. The predicted octanol–water partition coefficient (Wildman–Crippen LogP) is 4.47. The minimum absolute atomic E-state index is 0. The number of nitrogens with one attached hydrogen (secondary N) is 2. The van der Waals surface area contributed by atoms with Gasteiger partial charge in [0.1, 0.15) is 0 Å². The molecule has 8 heteroatoms. The molecule has 0 radical (unpaired) electrons. The van der Waals surface area contributed by atoms with Crippen molar-refractivity contribution in [1.82, 2.24) is 10.3 Å². The molecule has 7 nitrogen and oxygen atoms in total. The highest BCUT2D eigenvalue weighted by Gasteiger charge is 2.22. The molecule has 164 valence electrons. The zero-order valence-corrected chi connectivity index (χ0v) is 20.1. The Kier molecular flexibility index (Phi) is 9.99. The summed E-state index contributed by atoms with van der Waals surface area (Å²) in [6, 6.07) is 9.64. The van der Waals surface area contributed by atoms with Crippen molar-refractivity contribution in [1.29, 1.82) is 0 Å². The van der Waals surface area contributed by atoms with Gasteiger partial charge in [-0.1, -0.05) is 0 Å². The van der Waals surface area contributed by atoms with Gasteiger partial charge in [0.15, 0.2) is 17.5 Å². The Bertz CT molecular complexity index is 828. The summed E-state index contributed by atoms with van der Waals surface area (Å²) in [6.45, 7) is 6.60. The minimum Gasteiger partial charge on any atom is -0.493 e. The van der Waals surface area contributed by atoms with E-state index >= 15 is 0 Å². The van der Waals surface area contributed by atoms with Crippen LogP contribution in [0.1, 0.15) is 32.3 Å². The second-order valence-corrected chi connectivity index (χ2v) is 6.88. The topological polar surface area (TPSA) is 77.0 Å². The van der Waals surface area contributed by atoms with Crippen LogP contribution in [0.2, 0.25) is 0 Å². The standard InChI is InChI=1S/C22H30N4O3.HI/c1-4-23-22(26-18-8-9-19(28-5-2)20(13-18)27-3)25-14-17-10-11-24-21(12-17)29-15-16-6-7-16;/h8-13,16H,4-7,14-15H2,1-3H3,(H2,23,25,26);1H. The van der Waals surface area contributed by atoms with E-state index in [-0.39, 0.29) is 24.0 Å². The van der Waals surface area contributed by atoms with Crippen molar-refractivity contribution in [2.24, 2.45) is 10.9 Å². The van der Waals surface area contributed by atoms with E-state index in [0.29, 0.717) is 36.7 Å². The molecule has 1 aliphatic carbocycles. The molecule has 0 atom stereocenters. The maximum atomic E-state index is 5.76. The van der Waals surface area contributed by atoms with E-state index in [2.05, 4.69) is 20.6 Å². The van der Waals surface area contributed by atoms with E-state index in [1.807, 2.05) is 44.2 Å². The summed E-state index contributed by atoms with van der Waals surface area (Å²) in [5, 5.41) is 6.58. The number of guanidine groups is 1. The van der Waals surface area contributed by atoms with Crippen LogP contribution in [0.5, 0.6) is 17.4 Å². The Morgan fingerprint density at radius 1 is 1.13 bits per heavy atom. The van der Waals surface area contributed by atoms with Gasteiger partial charge in [-0.25, -0.2) is 9.98 Å². The molecular weight excluding hydrogens is 495 g/mol. The van der Waals surface area contributed by atoms with Crippen LogP contribution in [0, 0.1) is 5.92 Å². The Labute approximate surface area is 195 Å². The second-order valence-electron chi connectivity index (χ2n) is 6.88. The second kappa shape index (κ2) is 12.5. The molecule has 1 aromatic carbocycles. The van der Waals surface area contributed by atoms with Gasteiger partial charge in [0.2, 0.25) is 5.88 Å². The molecule has 1 aromatic heterocycles. The van der Waals surface area contributed by atoms with Crippen LogP contribution in [-0.4, -0.2) is 37.8 Å². The first-order chi connectivity index (χ1) is 14.2. The van der Waals surface area contributed by atoms with Gasteiger partial charge < -0.3 is 24.8 Å². The van der Waals surface area contributed by atoms with Gasteiger partial charge >= 0.3 is 0 Å². The van der Waals surface area contributed by atoms with Crippen molar-refractivity contribution in [2.45, 2.75) is 33.2 Å². The molecule has 0 aliphatic heterocycles. The zero-order chi connectivity index (χ0) is 20.5. The predicted molar refractivity (Wildman–Crippen MR) is 130 cm³/mol. The molecule has 0 bridgehead atoms. The lowest BCUT2D eigenvalue weighted by Gasteiger charge is -2.14. The van der Waals surface area contributed by atoms with E-state index in [1.54, 1.807) is 13.3 Å². The molecule has 1 fully saturated rings. The van der Waals surface area contributed by atoms with E-state index in [1.165, 1.54) is 12.8 Å². The summed E-state index contributed by atoms with van der Waals surface area (Å²) in [4.78, 5) is 8.97. The number of anilines is 1. The summed E-state index contributed by atoms with van der Waals surface area (Å²) in [6.07, 6.45) is 4.29. The Hall–Kier alpha value is -2.23. The van der Waals surface area contributed by atoms with E-state index in [0.717, 1.165) is 30.2 Å². The van der Waals surface area contributed by atoms with Crippen LogP contribution in [0.4, 0.5) is 5.69 Å². The summed E-state index contributed by atoms with van der Waals surface area (Å²) in [7, 11) is 1.63. The van der Waals surface area contributed by atoms with Gasteiger partial charge in [0.05, 0.1) is 26.9 Å². The molecule has 0 unspecified atom stereocenters. The number of aliphatic imine (C=N–C) groups is 1. The smallest absolute Gasteiger partial charge is 0.213 e. The fraction of sp³-hybridized carbons (Fsp3) is 0.455. The quantitative estimate of drug-likeness (QED) is 0.270. The van der Waals surface area contributed by atoms with E-state index in [9.17, 15) is 0 Å². The van der Waals surface area contributed by atoms with Gasteiger partial charge in [-0.3, -0.25) is 0 Å². The number of rotatable bonds is 10. The lowest BCUT2D eigenvalue weighted by molar-refractivity contribution is 0.288. The average Bonchev–Trinajstić information content (AvgIpc) is 3.57. The van der Waals surface area contributed by atoms with Crippen LogP contribution in [-0.2, 0) is 6.54 Å². The maximum absolute atomic E-state index is 5.76. The number of nitrogens with zero attached hydrogens (tertiary/aromatic N) is 2. The maximum Gasteiger partial charge on any atom is 0.213 e. The summed E-state index contributed by atoms with van der Waals surface area (Å²) >= 11 is 0. The minimum atomic E-state index is 0. The molecule has 0 spiro atoms. The summed E-state index contributed by atoms with van der Waals surface area (Å²) in [5.74, 6) is 3.46. The fourth-order valence-electron chi connectivity index (χ4n) is 2.75. The van der Waals surface area contributed by atoms with Crippen LogP contribution < -0.4 is 24.8 Å². The number of benzene rings is 1. The Morgan fingerprint density at radius 2 is 1.97 bits per heavy atom. The molecule has 30 heavy (non-hydrogen) atoms. The molecule has 2 N–H and O–H groups in total. The Morgan fingerprint density at radius 3 is 2.67 bits per heavy atom. The van der Waals surface area contributed by atoms with Crippen molar-refractivity contribution in [2.75, 3.05) is 32.2 Å². The molecule has 0 saturated heterocycles. The lowest BCUT2D eigenvalue weighted by Crippen LogP contribution is -2.30. The number of ether oxygens (including phenoxy) is 3. The van der Waals surface area contributed by atoms with Gasteiger partial charge in [0.25, 0.3) is 0 Å². The number of pyridine rings is 1. The highest BCUT2D eigenvalue weighted by Crippen LogP contribution is 2.30. The van der Waals surface area contributed by atoms with Crippen molar-refractivity contribution in [3.63, 3.8) is 0 Å². The molecule has 1 aliphatic rings.